The molecule has 632 valence electrons. The monoisotopic (exact) mass is 1550 g/mol. The summed E-state index contributed by atoms with van der Waals surface area (Å²) < 4.78 is 29.8. The van der Waals surface area contributed by atoms with Gasteiger partial charge in [-0.15, -0.1) is 0 Å². The Hall–Kier alpha value is -6.04. The Morgan fingerprint density at radius 2 is 0.366 bits per heavy atom. The maximum Gasteiger partial charge on any atom is 0.260 e. The van der Waals surface area contributed by atoms with Crippen LogP contribution in [0.15, 0.2) is 48.5 Å². The minimum Gasteiger partial charge on any atom is -0.483 e. The first kappa shape index (κ1) is 96.5. The van der Waals surface area contributed by atoms with E-state index in [-0.39, 0.29) is 71.7 Å². The molecule has 1 aliphatic rings. The highest BCUT2D eigenvalue weighted by Gasteiger charge is 2.32. The molecule has 4 aromatic rings. The first-order chi connectivity index (χ1) is 53.5. The third kappa shape index (κ3) is 33.3. The third-order valence-electron chi connectivity index (χ3n) is 23.0. The van der Waals surface area contributed by atoms with Crippen molar-refractivity contribution in [3.63, 3.8) is 0 Å². The standard InChI is InChI=1S/C100H164N4O8/c1-21-29-37-45-53-101(54-46-38-30-22-2)89(105)73-109-93-77-61-79-67-86(98(12,13)14)69-81(94(79)110-74-90(106)102(55-47-39-31-23-3)56-48-40-32-24-4)63-83-71-88(100(18,19)20)72-84(96(83)112-76-92(108)104(59-51-43-35-27-7)60-52-44-36-28-8)64-82-70-87(99(15,16)17)68-80(62-78(93)66-85(65-77)97(9,10)11)95(82)111-75-91(107)103(57-49-41-33-25-5)58-50-42-34-26-6/h65-72H,21-64,73-76H2,1-20H3. The van der Waals surface area contributed by atoms with Gasteiger partial charge in [0.2, 0.25) is 0 Å². The molecule has 4 aromatic carbocycles. The Morgan fingerprint density at radius 1 is 0.232 bits per heavy atom. The van der Waals surface area contributed by atoms with Gasteiger partial charge in [-0.2, -0.15) is 0 Å². The van der Waals surface area contributed by atoms with Crippen molar-refractivity contribution >= 4 is 23.6 Å². The van der Waals surface area contributed by atoms with Crippen LogP contribution in [0, 0.1) is 0 Å². The lowest BCUT2D eigenvalue weighted by Gasteiger charge is -2.30. The summed E-state index contributed by atoms with van der Waals surface area (Å²) in [5.74, 6) is 2.54. The molecular weight excluding hydrogens is 1390 g/mol. The third-order valence-corrected chi connectivity index (χ3v) is 23.0. The van der Waals surface area contributed by atoms with Crippen LogP contribution >= 0.6 is 0 Å². The lowest BCUT2D eigenvalue weighted by molar-refractivity contribution is -0.134. The molecule has 0 spiro atoms. The highest BCUT2D eigenvalue weighted by atomic mass is 16.5. The largest absolute Gasteiger partial charge is 0.483 e. The van der Waals surface area contributed by atoms with Gasteiger partial charge in [-0.25, -0.2) is 0 Å². The topological polar surface area (TPSA) is 118 Å². The summed E-state index contributed by atoms with van der Waals surface area (Å²) in [6.07, 6.45) is 35.4. The molecule has 1 aliphatic carbocycles. The summed E-state index contributed by atoms with van der Waals surface area (Å²) in [5.41, 5.74) is 10.4. The van der Waals surface area contributed by atoms with Crippen LogP contribution in [-0.2, 0) is 66.5 Å². The summed E-state index contributed by atoms with van der Waals surface area (Å²) in [7, 11) is 0. The van der Waals surface area contributed by atoms with E-state index < -0.39 is 0 Å². The zero-order valence-electron chi connectivity index (χ0n) is 75.6. The number of carbonyl (C=O) groups is 4. The van der Waals surface area contributed by atoms with E-state index in [1.165, 1.54) is 0 Å². The quantitative estimate of drug-likeness (QED) is 0.0353. The number of hydrogen-bond donors (Lipinski definition) is 0. The molecular formula is C100H164N4O8. The minimum absolute atomic E-state index is 0.0175. The van der Waals surface area contributed by atoms with Crippen LogP contribution in [-0.4, -0.2) is 122 Å². The SMILES string of the molecule is CCCCCCN(CCCCCC)C(=O)COc1c2cc(C(C)(C)C)cc1Cc1cc(C(C)(C)C)cc(c1OCC(=O)N(CCCCCC)CCCCCC)Cc1cc(C(C)(C)C)cc(c1OCC(=O)N(CCCCCC)CCCCCC)Cc1cc(C(C)(C)C)cc(c1OCC(=O)N(CCCCCC)CCCCCC)C2. The van der Waals surface area contributed by atoms with E-state index in [1.807, 2.05) is 0 Å². The van der Waals surface area contributed by atoms with Crippen molar-refractivity contribution in [1.29, 1.82) is 0 Å². The molecule has 0 saturated carbocycles. The second-order valence-corrected chi connectivity index (χ2v) is 37.4. The molecule has 0 heterocycles. The van der Waals surface area contributed by atoms with Crippen LogP contribution in [0.5, 0.6) is 23.0 Å². The van der Waals surface area contributed by atoms with Crippen LogP contribution in [0.4, 0.5) is 0 Å². The Labute approximate surface area is 685 Å². The number of ether oxygens (including phenoxy) is 4. The number of nitrogens with zero attached hydrogens (tertiary/aromatic N) is 4. The van der Waals surface area contributed by atoms with E-state index in [0.29, 0.717) is 101 Å². The number of fused-ring (bicyclic) bond motifs is 8. The molecule has 0 fully saturated rings. The van der Waals surface area contributed by atoms with Gasteiger partial charge >= 0.3 is 0 Å². The van der Waals surface area contributed by atoms with Crippen molar-refractivity contribution in [1.82, 2.24) is 19.6 Å². The molecule has 0 unspecified atom stereocenters. The fraction of sp³-hybridized carbons (Fsp3) is 0.720. The van der Waals surface area contributed by atoms with Crippen molar-refractivity contribution in [2.45, 2.75) is 391 Å². The molecule has 0 atom stereocenters. The fourth-order valence-corrected chi connectivity index (χ4v) is 15.5. The maximum absolute atomic E-state index is 15.3. The molecule has 12 heteroatoms. The predicted molar refractivity (Wildman–Crippen MR) is 473 cm³/mol. The molecule has 4 amide bonds. The van der Waals surface area contributed by atoms with Gasteiger partial charge in [0, 0.05) is 78.0 Å². The summed E-state index contributed by atoms with van der Waals surface area (Å²) in [4.78, 5) is 69.6. The number of amides is 4. The summed E-state index contributed by atoms with van der Waals surface area (Å²) >= 11 is 0. The first-order valence-electron chi connectivity index (χ1n) is 45.7. The van der Waals surface area contributed by atoms with Crippen LogP contribution in [0.25, 0.3) is 0 Å². The molecule has 8 bridgehead atoms. The fourth-order valence-electron chi connectivity index (χ4n) is 15.5. The van der Waals surface area contributed by atoms with Gasteiger partial charge in [0.25, 0.3) is 23.6 Å². The van der Waals surface area contributed by atoms with E-state index in [4.69, 9.17) is 18.9 Å². The lowest BCUT2D eigenvalue weighted by atomic mass is 9.79. The van der Waals surface area contributed by atoms with Crippen molar-refractivity contribution in [3.05, 3.63) is 115 Å². The van der Waals surface area contributed by atoms with Crippen molar-refractivity contribution in [3.8, 4) is 23.0 Å². The van der Waals surface area contributed by atoms with Crippen molar-refractivity contribution in [2.24, 2.45) is 0 Å². The van der Waals surface area contributed by atoms with Crippen molar-refractivity contribution < 1.29 is 38.1 Å². The van der Waals surface area contributed by atoms with Gasteiger partial charge in [-0.3, -0.25) is 19.2 Å². The molecule has 0 saturated heterocycles. The van der Waals surface area contributed by atoms with Gasteiger partial charge in [-0.05, 0) is 140 Å². The van der Waals surface area contributed by atoms with Crippen LogP contribution in [0.3, 0.4) is 0 Å². The average Bonchev–Trinajstić information content (AvgIpc) is 0.761. The molecule has 0 radical (unpaired) electrons. The number of carbonyl (C=O) groups excluding carboxylic acids is 4. The van der Waals surface area contributed by atoms with Crippen LogP contribution in [0.2, 0.25) is 0 Å². The van der Waals surface area contributed by atoms with E-state index in [2.05, 4.69) is 207 Å². The zero-order chi connectivity index (χ0) is 82.3. The predicted octanol–water partition coefficient (Wildman–Crippen LogP) is 25.0. The summed E-state index contributed by atoms with van der Waals surface area (Å²) in [6.45, 7) is 50.1. The Kier molecular flexibility index (Phi) is 43.5. The molecule has 0 aliphatic heterocycles. The normalized spacial score (nSPS) is 12.6. The first-order valence-corrected chi connectivity index (χ1v) is 45.7. The second kappa shape index (κ2) is 50.4. The van der Waals surface area contributed by atoms with Gasteiger partial charge in [0.05, 0.1) is 0 Å². The van der Waals surface area contributed by atoms with Gasteiger partial charge < -0.3 is 38.5 Å². The molecule has 5 rings (SSSR count). The second-order valence-electron chi connectivity index (χ2n) is 37.4. The van der Waals surface area contributed by atoms with E-state index in [0.717, 1.165) is 272 Å². The summed E-state index contributed by atoms with van der Waals surface area (Å²) in [6, 6.07) is 18.5. The Balaban J connectivity index is 2.03. The number of unbranched alkanes of at least 4 members (excludes halogenated alkanes) is 24. The Bertz CT molecular complexity index is 2830. The lowest BCUT2D eigenvalue weighted by Crippen LogP contribution is -2.37. The molecule has 112 heavy (non-hydrogen) atoms. The van der Waals surface area contributed by atoms with E-state index >= 15 is 19.2 Å². The van der Waals surface area contributed by atoms with Crippen molar-refractivity contribution in [2.75, 3.05) is 78.8 Å². The highest BCUT2D eigenvalue weighted by Crippen LogP contribution is 2.45. The maximum atomic E-state index is 15.3. The zero-order valence-corrected chi connectivity index (χ0v) is 75.6. The summed E-state index contributed by atoms with van der Waals surface area (Å²) in [5, 5.41) is 0. The number of hydrogen-bond acceptors (Lipinski definition) is 8. The van der Waals surface area contributed by atoms with Crippen LogP contribution < -0.4 is 18.9 Å². The number of rotatable bonds is 52. The molecule has 0 aromatic heterocycles. The average molecular weight is 1550 g/mol. The van der Waals surface area contributed by atoms with Crippen LogP contribution in [0.1, 0.15) is 411 Å². The van der Waals surface area contributed by atoms with E-state index in [1.54, 1.807) is 0 Å². The molecule has 12 nitrogen and oxygen atoms in total. The minimum atomic E-state index is -0.345. The number of benzene rings is 4. The molecule has 0 N–H and O–H groups in total. The Morgan fingerprint density at radius 3 is 0.482 bits per heavy atom. The van der Waals surface area contributed by atoms with E-state index in [9.17, 15) is 0 Å². The van der Waals surface area contributed by atoms with Gasteiger partial charge in [-0.1, -0.05) is 341 Å². The smallest absolute Gasteiger partial charge is 0.260 e. The van der Waals surface area contributed by atoms with Gasteiger partial charge in [0.15, 0.2) is 26.4 Å². The highest BCUT2D eigenvalue weighted by molar-refractivity contribution is 5.80. The van der Waals surface area contributed by atoms with Gasteiger partial charge in [0.1, 0.15) is 23.0 Å².